The van der Waals surface area contributed by atoms with E-state index < -0.39 is 11.9 Å². The maximum absolute atomic E-state index is 11.3. The van der Waals surface area contributed by atoms with Crippen LogP contribution in [0.4, 0.5) is 5.69 Å². The van der Waals surface area contributed by atoms with Gasteiger partial charge < -0.3 is 10.1 Å². The maximum atomic E-state index is 11.3. The molecule has 1 N–H and O–H groups in total. The minimum absolute atomic E-state index is 0.0426. The molecule has 1 aliphatic carbocycles. The monoisotopic (exact) mass is 205 g/mol. The van der Waals surface area contributed by atoms with Crippen molar-refractivity contribution in [3.8, 4) is 0 Å². The standard InChI is InChI=1S/C11H11NO3/c13-10(11(14)15-9-6-7-9)12-8-4-2-1-3-5-8/h1-5,9H,6-7H2,(H,12,13). The summed E-state index contributed by atoms with van der Waals surface area (Å²) in [6.07, 6.45) is 1.69. The van der Waals surface area contributed by atoms with Gasteiger partial charge in [0, 0.05) is 5.69 Å². The van der Waals surface area contributed by atoms with Crippen LogP contribution in [0.5, 0.6) is 0 Å². The van der Waals surface area contributed by atoms with E-state index in [1.807, 2.05) is 6.07 Å². The molecule has 1 aromatic rings. The molecule has 1 aliphatic rings. The SMILES string of the molecule is O=C(Nc1ccccc1)C(=O)OC1CC1. The van der Waals surface area contributed by atoms with Gasteiger partial charge in [0.1, 0.15) is 6.10 Å². The summed E-state index contributed by atoms with van der Waals surface area (Å²) in [5.74, 6) is -1.52. The second kappa shape index (κ2) is 4.13. The molecule has 0 unspecified atom stereocenters. The third kappa shape index (κ3) is 2.80. The van der Waals surface area contributed by atoms with E-state index >= 15 is 0 Å². The Labute approximate surface area is 87.2 Å². The van der Waals surface area contributed by atoms with Gasteiger partial charge in [-0.25, -0.2) is 4.79 Å². The summed E-state index contributed by atoms with van der Waals surface area (Å²) >= 11 is 0. The molecule has 4 nitrogen and oxygen atoms in total. The lowest BCUT2D eigenvalue weighted by Crippen LogP contribution is -2.25. The highest BCUT2D eigenvalue weighted by molar-refractivity contribution is 6.37. The number of nitrogens with one attached hydrogen (secondary N) is 1. The lowest BCUT2D eigenvalue weighted by Gasteiger charge is -2.04. The van der Waals surface area contributed by atoms with Crippen molar-refractivity contribution in [2.24, 2.45) is 0 Å². The van der Waals surface area contributed by atoms with E-state index in [0.29, 0.717) is 5.69 Å². The summed E-state index contributed by atoms with van der Waals surface area (Å²) in [6.45, 7) is 0. The van der Waals surface area contributed by atoms with Crippen LogP contribution in [0, 0.1) is 0 Å². The van der Waals surface area contributed by atoms with Crippen LogP contribution in [0.3, 0.4) is 0 Å². The highest BCUT2D eigenvalue weighted by Gasteiger charge is 2.28. The summed E-state index contributed by atoms with van der Waals surface area (Å²) in [6, 6.07) is 8.81. The average molecular weight is 205 g/mol. The topological polar surface area (TPSA) is 55.4 Å². The van der Waals surface area contributed by atoms with E-state index in [4.69, 9.17) is 4.74 Å². The Kier molecular flexibility index (Phi) is 2.67. The molecule has 0 atom stereocenters. The predicted octanol–water partition coefficient (Wildman–Crippen LogP) is 1.33. The zero-order valence-corrected chi connectivity index (χ0v) is 8.10. The molecule has 0 bridgehead atoms. The number of hydrogen-bond donors (Lipinski definition) is 1. The average Bonchev–Trinajstić information content (AvgIpc) is 3.03. The molecule has 0 radical (unpaired) electrons. The van der Waals surface area contributed by atoms with Gasteiger partial charge in [-0.2, -0.15) is 0 Å². The predicted molar refractivity (Wildman–Crippen MR) is 54.2 cm³/mol. The van der Waals surface area contributed by atoms with Crippen molar-refractivity contribution in [2.45, 2.75) is 18.9 Å². The van der Waals surface area contributed by atoms with Crippen molar-refractivity contribution in [3.05, 3.63) is 30.3 Å². The lowest BCUT2D eigenvalue weighted by molar-refractivity contribution is -0.153. The normalized spacial score (nSPS) is 14.4. The molecule has 1 saturated carbocycles. The number of amides is 1. The number of carbonyl (C=O) groups excluding carboxylic acids is 2. The van der Waals surface area contributed by atoms with Crippen molar-refractivity contribution < 1.29 is 14.3 Å². The van der Waals surface area contributed by atoms with Gasteiger partial charge in [0.25, 0.3) is 0 Å². The van der Waals surface area contributed by atoms with Gasteiger partial charge in [0.05, 0.1) is 0 Å². The summed E-state index contributed by atoms with van der Waals surface area (Å²) in [5, 5.41) is 2.46. The van der Waals surface area contributed by atoms with Gasteiger partial charge in [0.2, 0.25) is 0 Å². The molecule has 0 heterocycles. The van der Waals surface area contributed by atoms with E-state index in [0.717, 1.165) is 12.8 Å². The second-order valence-corrected chi connectivity index (χ2v) is 3.42. The number of anilines is 1. The molecule has 2 rings (SSSR count). The highest BCUT2D eigenvalue weighted by Crippen LogP contribution is 2.23. The largest absolute Gasteiger partial charge is 0.455 e. The van der Waals surface area contributed by atoms with Crippen molar-refractivity contribution in [3.63, 3.8) is 0 Å². The van der Waals surface area contributed by atoms with Crippen molar-refractivity contribution in [2.75, 3.05) is 5.32 Å². The lowest BCUT2D eigenvalue weighted by atomic mass is 10.3. The third-order valence-corrected chi connectivity index (χ3v) is 2.02. The summed E-state index contributed by atoms with van der Waals surface area (Å²) < 4.78 is 4.84. The number of carbonyl (C=O) groups is 2. The number of benzene rings is 1. The van der Waals surface area contributed by atoms with E-state index in [9.17, 15) is 9.59 Å². The zero-order chi connectivity index (χ0) is 10.7. The van der Waals surface area contributed by atoms with Crippen molar-refractivity contribution in [1.29, 1.82) is 0 Å². The molecule has 4 heteroatoms. The summed E-state index contributed by atoms with van der Waals surface area (Å²) in [4.78, 5) is 22.5. The van der Waals surface area contributed by atoms with Crippen LogP contribution in [0.15, 0.2) is 30.3 Å². The molecular weight excluding hydrogens is 194 g/mol. The van der Waals surface area contributed by atoms with Crippen LogP contribution >= 0.6 is 0 Å². The molecule has 0 spiro atoms. The number of esters is 1. The number of para-hydroxylation sites is 1. The molecule has 1 aromatic carbocycles. The Morgan fingerprint density at radius 2 is 1.87 bits per heavy atom. The van der Waals surface area contributed by atoms with E-state index in [1.54, 1.807) is 24.3 Å². The maximum Gasteiger partial charge on any atom is 0.397 e. The quantitative estimate of drug-likeness (QED) is 0.585. The third-order valence-electron chi connectivity index (χ3n) is 2.02. The van der Waals surface area contributed by atoms with Gasteiger partial charge in [-0.15, -0.1) is 0 Å². The molecule has 0 saturated heterocycles. The van der Waals surface area contributed by atoms with E-state index in [1.165, 1.54) is 0 Å². The molecule has 1 fully saturated rings. The van der Waals surface area contributed by atoms with Crippen LogP contribution in [-0.2, 0) is 14.3 Å². The molecule has 78 valence electrons. The molecule has 0 aromatic heterocycles. The minimum Gasteiger partial charge on any atom is -0.455 e. The summed E-state index contributed by atoms with van der Waals surface area (Å²) in [5.41, 5.74) is 0.593. The zero-order valence-electron chi connectivity index (χ0n) is 8.10. The van der Waals surface area contributed by atoms with E-state index in [2.05, 4.69) is 5.32 Å². The van der Waals surface area contributed by atoms with Gasteiger partial charge in [0.15, 0.2) is 0 Å². The first-order chi connectivity index (χ1) is 7.25. The smallest absolute Gasteiger partial charge is 0.397 e. The molecule has 1 amide bonds. The minimum atomic E-state index is -0.804. The number of rotatable bonds is 2. The molecular formula is C11H11NO3. The van der Waals surface area contributed by atoms with Crippen LogP contribution in [0.1, 0.15) is 12.8 Å². The Bertz CT molecular complexity index is 371. The molecule has 0 aliphatic heterocycles. The number of hydrogen-bond acceptors (Lipinski definition) is 3. The first kappa shape index (κ1) is 9.71. The van der Waals surface area contributed by atoms with Gasteiger partial charge in [-0.1, -0.05) is 18.2 Å². The Balaban J connectivity index is 1.88. The van der Waals surface area contributed by atoms with E-state index in [-0.39, 0.29) is 6.10 Å². The Morgan fingerprint density at radius 1 is 1.20 bits per heavy atom. The number of ether oxygens (including phenoxy) is 1. The fraction of sp³-hybridized carbons (Fsp3) is 0.273. The van der Waals surface area contributed by atoms with Gasteiger partial charge in [-0.05, 0) is 25.0 Å². The fourth-order valence-corrected chi connectivity index (χ4v) is 1.09. The second-order valence-electron chi connectivity index (χ2n) is 3.42. The van der Waals surface area contributed by atoms with Crippen molar-refractivity contribution in [1.82, 2.24) is 0 Å². The van der Waals surface area contributed by atoms with Crippen molar-refractivity contribution >= 4 is 17.6 Å². The highest BCUT2D eigenvalue weighted by atomic mass is 16.6. The molecule has 15 heavy (non-hydrogen) atoms. The van der Waals surface area contributed by atoms with Gasteiger partial charge in [-0.3, -0.25) is 4.79 Å². The van der Waals surface area contributed by atoms with Crippen LogP contribution < -0.4 is 5.32 Å². The Hall–Kier alpha value is -1.84. The first-order valence-electron chi connectivity index (χ1n) is 4.83. The summed E-state index contributed by atoms with van der Waals surface area (Å²) in [7, 11) is 0. The van der Waals surface area contributed by atoms with Crippen LogP contribution in [0.2, 0.25) is 0 Å². The first-order valence-corrected chi connectivity index (χ1v) is 4.83. The Morgan fingerprint density at radius 3 is 2.47 bits per heavy atom. The van der Waals surface area contributed by atoms with Gasteiger partial charge >= 0.3 is 11.9 Å². The fourth-order valence-electron chi connectivity index (χ4n) is 1.09. The van der Waals surface area contributed by atoms with Crippen LogP contribution in [0.25, 0.3) is 0 Å². The van der Waals surface area contributed by atoms with Crippen LogP contribution in [-0.4, -0.2) is 18.0 Å².